The molecule has 1 heteroatoms. The molecule has 1 aromatic carbocycles. The highest BCUT2D eigenvalue weighted by Crippen LogP contribution is 2.59. The smallest absolute Gasteiger partial charge is 0.127 e. The molecule has 0 radical (unpaired) electrons. The Labute approximate surface area is 166 Å². The molecule has 0 amide bonds. The van der Waals surface area contributed by atoms with Crippen molar-refractivity contribution in [2.45, 2.75) is 115 Å². The SMILES string of the molecule is CCCC1CCC(c2ccc(C34CCC(CCC)(CC3)CC4)c(F)c2)CC1. The van der Waals surface area contributed by atoms with E-state index in [4.69, 9.17) is 0 Å². The molecule has 4 aliphatic rings. The lowest BCUT2D eigenvalue weighted by molar-refractivity contribution is 0.0303. The van der Waals surface area contributed by atoms with Gasteiger partial charge in [-0.1, -0.05) is 45.2 Å². The first-order valence-corrected chi connectivity index (χ1v) is 11.9. The minimum atomic E-state index is 0.105. The van der Waals surface area contributed by atoms with Gasteiger partial charge in [0.1, 0.15) is 5.82 Å². The second-order valence-corrected chi connectivity index (χ2v) is 10.3. The molecule has 0 spiro atoms. The van der Waals surface area contributed by atoms with Gasteiger partial charge in [0.25, 0.3) is 0 Å². The van der Waals surface area contributed by atoms with Crippen molar-refractivity contribution >= 4 is 0 Å². The van der Waals surface area contributed by atoms with Crippen LogP contribution >= 0.6 is 0 Å². The van der Waals surface area contributed by atoms with E-state index in [-0.39, 0.29) is 11.2 Å². The summed E-state index contributed by atoms with van der Waals surface area (Å²) in [5.41, 5.74) is 3.08. The highest BCUT2D eigenvalue weighted by atomic mass is 19.1. The lowest BCUT2D eigenvalue weighted by Crippen LogP contribution is -2.44. The van der Waals surface area contributed by atoms with Crippen molar-refractivity contribution in [3.05, 3.63) is 35.1 Å². The maximum Gasteiger partial charge on any atom is 0.127 e. The fraction of sp³-hybridized carbons (Fsp3) is 0.769. The summed E-state index contributed by atoms with van der Waals surface area (Å²) < 4.78 is 15.3. The Balaban J connectivity index is 1.46. The van der Waals surface area contributed by atoms with Crippen LogP contribution in [0.1, 0.15) is 121 Å². The Morgan fingerprint density at radius 3 is 2.11 bits per heavy atom. The monoisotopic (exact) mass is 370 g/mol. The van der Waals surface area contributed by atoms with E-state index < -0.39 is 0 Å². The Kier molecular flexibility index (Phi) is 5.68. The topological polar surface area (TPSA) is 0 Å². The predicted molar refractivity (Wildman–Crippen MR) is 113 cm³/mol. The molecule has 1 aromatic rings. The van der Waals surface area contributed by atoms with E-state index >= 15 is 4.39 Å². The van der Waals surface area contributed by atoms with E-state index in [2.05, 4.69) is 26.0 Å². The fourth-order valence-corrected chi connectivity index (χ4v) is 6.98. The zero-order chi connectivity index (χ0) is 18.9. The van der Waals surface area contributed by atoms with Gasteiger partial charge in [0, 0.05) is 0 Å². The molecule has 0 nitrogen and oxygen atoms in total. The first kappa shape index (κ1) is 19.5. The molecule has 2 bridgehead atoms. The zero-order valence-corrected chi connectivity index (χ0v) is 17.7. The van der Waals surface area contributed by atoms with Crippen LogP contribution in [0.4, 0.5) is 4.39 Å². The van der Waals surface area contributed by atoms with Gasteiger partial charge in [-0.05, 0) is 110 Å². The van der Waals surface area contributed by atoms with E-state index in [1.807, 2.05) is 6.07 Å². The Morgan fingerprint density at radius 1 is 0.889 bits per heavy atom. The molecule has 4 fully saturated rings. The van der Waals surface area contributed by atoms with Crippen LogP contribution in [-0.2, 0) is 5.41 Å². The molecule has 0 aliphatic heterocycles. The van der Waals surface area contributed by atoms with Gasteiger partial charge in [-0.25, -0.2) is 4.39 Å². The van der Waals surface area contributed by atoms with E-state index in [1.165, 1.54) is 95.5 Å². The van der Waals surface area contributed by atoms with Crippen LogP contribution in [0.5, 0.6) is 0 Å². The lowest BCUT2D eigenvalue weighted by atomic mass is 9.51. The van der Waals surface area contributed by atoms with Crippen LogP contribution in [0.25, 0.3) is 0 Å². The third-order valence-electron chi connectivity index (χ3n) is 8.76. The van der Waals surface area contributed by atoms with Gasteiger partial charge in [-0.15, -0.1) is 0 Å². The molecule has 4 aliphatic carbocycles. The molecule has 0 aromatic heterocycles. The van der Waals surface area contributed by atoms with Crippen LogP contribution in [0.15, 0.2) is 18.2 Å². The van der Waals surface area contributed by atoms with Gasteiger partial charge in [-0.2, -0.15) is 0 Å². The van der Waals surface area contributed by atoms with Gasteiger partial charge in [0.05, 0.1) is 0 Å². The fourth-order valence-electron chi connectivity index (χ4n) is 6.98. The summed E-state index contributed by atoms with van der Waals surface area (Å²) in [5.74, 6) is 1.62. The maximum atomic E-state index is 15.3. The summed E-state index contributed by atoms with van der Waals surface area (Å²) >= 11 is 0. The van der Waals surface area contributed by atoms with Crippen molar-refractivity contribution in [3.8, 4) is 0 Å². The molecular formula is C26H39F. The molecule has 5 rings (SSSR count). The van der Waals surface area contributed by atoms with Crippen LogP contribution in [-0.4, -0.2) is 0 Å². The van der Waals surface area contributed by atoms with Crippen LogP contribution < -0.4 is 0 Å². The van der Waals surface area contributed by atoms with Gasteiger partial charge in [0.2, 0.25) is 0 Å². The summed E-state index contributed by atoms with van der Waals surface area (Å²) in [7, 11) is 0. The minimum absolute atomic E-state index is 0.105. The number of hydrogen-bond acceptors (Lipinski definition) is 0. The van der Waals surface area contributed by atoms with Crippen molar-refractivity contribution in [1.82, 2.24) is 0 Å². The molecule has 0 heterocycles. The summed E-state index contributed by atoms with van der Waals surface area (Å²) in [4.78, 5) is 0. The first-order chi connectivity index (χ1) is 13.1. The van der Waals surface area contributed by atoms with Crippen molar-refractivity contribution in [2.75, 3.05) is 0 Å². The molecule has 27 heavy (non-hydrogen) atoms. The average molecular weight is 371 g/mol. The summed E-state index contributed by atoms with van der Waals surface area (Å²) in [6.45, 7) is 4.61. The van der Waals surface area contributed by atoms with Gasteiger partial charge < -0.3 is 0 Å². The second-order valence-electron chi connectivity index (χ2n) is 10.3. The van der Waals surface area contributed by atoms with Crippen molar-refractivity contribution in [2.24, 2.45) is 11.3 Å². The molecule has 0 N–H and O–H groups in total. The molecule has 4 saturated carbocycles. The number of benzene rings is 1. The molecule has 150 valence electrons. The zero-order valence-electron chi connectivity index (χ0n) is 17.7. The third kappa shape index (κ3) is 3.73. The van der Waals surface area contributed by atoms with Gasteiger partial charge in [-0.3, -0.25) is 0 Å². The summed E-state index contributed by atoms with van der Waals surface area (Å²) in [6, 6.07) is 6.42. The number of rotatable bonds is 6. The highest BCUT2D eigenvalue weighted by molar-refractivity contribution is 5.34. The Morgan fingerprint density at radius 2 is 1.56 bits per heavy atom. The average Bonchev–Trinajstić information content (AvgIpc) is 2.70. The molecule has 0 saturated heterocycles. The van der Waals surface area contributed by atoms with Gasteiger partial charge in [0.15, 0.2) is 0 Å². The Bertz CT molecular complexity index is 613. The minimum Gasteiger partial charge on any atom is -0.207 e. The van der Waals surface area contributed by atoms with E-state index in [9.17, 15) is 0 Å². The maximum absolute atomic E-state index is 15.3. The number of halogens is 1. The van der Waals surface area contributed by atoms with Gasteiger partial charge >= 0.3 is 0 Å². The standard InChI is InChI=1S/C26H39F/c1-3-5-20-6-8-21(9-7-20)22-10-11-23(24(27)19-22)26-16-13-25(12-4-2,14-17-26)15-18-26/h10-11,19-21H,3-9,12-18H2,1-2H3. The largest absolute Gasteiger partial charge is 0.207 e. The summed E-state index contributed by atoms with van der Waals surface area (Å²) in [6.07, 6.45) is 18.2. The second kappa shape index (κ2) is 7.88. The summed E-state index contributed by atoms with van der Waals surface area (Å²) in [5, 5.41) is 0. The van der Waals surface area contributed by atoms with E-state index in [0.717, 1.165) is 11.5 Å². The number of fused-ring (bicyclic) bond motifs is 3. The molecule has 0 atom stereocenters. The molecular weight excluding hydrogens is 331 g/mol. The van der Waals surface area contributed by atoms with Crippen LogP contribution in [0, 0.1) is 17.2 Å². The first-order valence-electron chi connectivity index (χ1n) is 11.9. The quantitative estimate of drug-likeness (QED) is 0.472. The normalized spacial score (nSPS) is 36.1. The van der Waals surface area contributed by atoms with Crippen molar-refractivity contribution in [1.29, 1.82) is 0 Å². The third-order valence-corrected chi connectivity index (χ3v) is 8.76. The van der Waals surface area contributed by atoms with E-state index in [1.54, 1.807) is 0 Å². The van der Waals surface area contributed by atoms with Crippen molar-refractivity contribution in [3.63, 3.8) is 0 Å². The predicted octanol–water partition coefficient (Wildman–Crippen LogP) is 8.29. The lowest BCUT2D eigenvalue weighted by Gasteiger charge is -2.54. The van der Waals surface area contributed by atoms with Crippen LogP contribution in [0.3, 0.4) is 0 Å². The van der Waals surface area contributed by atoms with Crippen molar-refractivity contribution < 1.29 is 4.39 Å². The number of hydrogen-bond donors (Lipinski definition) is 0. The van der Waals surface area contributed by atoms with E-state index in [0.29, 0.717) is 11.3 Å². The highest BCUT2D eigenvalue weighted by Gasteiger charge is 2.49. The Hall–Kier alpha value is -0.850. The molecule has 0 unspecified atom stereocenters. The van der Waals surface area contributed by atoms with Crippen LogP contribution in [0.2, 0.25) is 0 Å².